The molecule has 122 valence electrons. The van der Waals surface area contributed by atoms with Crippen molar-refractivity contribution in [2.45, 2.75) is 19.3 Å². The molecular formula is C13H23Cl2N3O2S. The molecule has 21 heavy (non-hydrogen) atoms. The molecule has 2 heterocycles. The molecule has 1 aliphatic rings. The Balaban J connectivity index is 0.00000200. The summed E-state index contributed by atoms with van der Waals surface area (Å²) < 4.78 is 5.26. The van der Waals surface area contributed by atoms with E-state index in [-0.39, 0.29) is 36.1 Å². The summed E-state index contributed by atoms with van der Waals surface area (Å²) >= 11 is 1.58. The normalized spacial score (nSPS) is 16.4. The summed E-state index contributed by atoms with van der Waals surface area (Å²) in [6, 6.07) is 0. The van der Waals surface area contributed by atoms with Crippen molar-refractivity contribution >= 4 is 42.1 Å². The van der Waals surface area contributed by atoms with E-state index >= 15 is 0 Å². The highest BCUT2D eigenvalue weighted by atomic mass is 35.5. The molecule has 1 saturated heterocycles. The van der Waals surface area contributed by atoms with Gasteiger partial charge in [-0.1, -0.05) is 0 Å². The van der Waals surface area contributed by atoms with Crippen LogP contribution in [-0.2, 0) is 16.0 Å². The second-order valence-corrected chi connectivity index (χ2v) is 5.67. The molecule has 0 aromatic carbocycles. The Morgan fingerprint density at radius 1 is 1.48 bits per heavy atom. The smallest absolute Gasteiger partial charge is 0.228 e. The minimum Gasteiger partial charge on any atom is -0.384 e. The van der Waals surface area contributed by atoms with E-state index in [0.29, 0.717) is 13.2 Å². The third kappa shape index (κ3) is 5.71. The zero-order valence-electron chi connectivity index (χ0n) is 12.1. The van der Waals surface area contributed by atoms with Crippen LogP contribution in [0.3, 0.4) is 0 Å². The van der Waals surface area contributed by atoms with Crippen LogP contribution in [-0.4, -0.2) is 44.2 Å². The summed E-state index contributed by atoms with van der Waals surface area (Å²) in [5, 5.41) is 8.34. The van der Waals surface area contributed by atoms with E-state index in [0.717, 1.165) is 38.0 Å². The molecule has 1 aromatic rings. The fraction of sp³-hybridized carbons (Fsp3) is 0.692. The van der Waals surface area contributed by atoms with Gasteiger partial charge >= 0.3 is 0 Å². The van der Waals surface area contributed by atoms with Crippen molar-refractivity contribution in [3.63, 3.8) is 0 Å². The van der Waals surface area contributed by atoms with Gasteiger partial charge in [0.2, 0.25) is 5.91 Å². The van der Waals surface area contributed by atoms with Crippen LogP contribution in [0, 0.1) is 5.41 Å². The van der Waals surface area contributed by atoms with E-state index < -0.39 is 0 Å². The number of piperidine rings is 1. The minimum absolute atomic E-state index is 0. The van der Waals surface area contributed by atoms with Crippen LogP contribution in [0.1, 0.15) is 18.5 Å². The van der Waals surface area contributed by atoms with Crippen LogP contribution in [0.15, 0.2) is 10.9 Å². The molecular weight excluding hydrogens is 333 g/mol. The quantitative estimate of drug-likeness (QED) is 0.814. The third-order valence-electron chi connectivity index (χ3n) is 3.61. The fourth-order valence-electron chi connectivity index (χ4n) is 2.47. The summed E-state index contributed by atoms with van der Waals surface area (Å²) in [6.07, 6.45) is 2.46. The lowest BCUT2D eigenvalue weighted by atomic mass is 9.78. The Hall–Kier alpha value is -0.400. The Kier molecular flexibility index (Phi) is 10.1. The molecule has 1 amide bonds. The van der Waals surface area contributed by atoms with Gasteiger partial charge in [0.25, 0.3) is 0 Å². The highest BCUT2D eigenvalue weighted by Crippen LogP contribution is 2.29. The van der Waals surface area contributed by atoms with Gasteiger partial charge < -0.3 is 15.4 Å². The monoisotopic (exact) mass is 355 g/mol. The molecule has 1 fully saturated rings. The predicted octanol–water partition coefficient (Wildman–Crippen LogP) is 1.66. The molecule has 0 atom stereocenters. The second kappa shape index (κ2) is 10.3. The number of rotatable bonds is 6. The van der Waals surface area contributed by atoms with Crippen LogP contribution in [0.2, 0.25) is 0 Å². The topological polar surface area (TPSA) is 63.2 Å². The number of nitrogens with one attached hydrogen (secondary N) is 2. The van der Waals surface area contributed by atoms with Crippen LogP contribution in [0.4, 0.5) is 0 Å². The van der Waals surface area contributed by atoms with E-state index in [4.69, 9.17) is 4.74 Å². The summed E-state index contributed by atoms with van der Waals surface area (Å²) in [7, 11) is 1.66. The lowest BCUT2D eigenvalue weighted by Crippen LogP contribution is -2.50. The Bertz CT molecular complexity index is 393. The maximum atomic E-state index is 12.4. The molecule has 1 aliphatic heterocycles. The molecule has 0 saturated carbocycles. The Morgan fingerprint density at radius 2 is 2.19 bits per heavy atom. The number of halogens is 2. The number of carbonyl (C=O) groups is 1. The Morgan fingerprint density at radius 3 is 2.76 bits per heavy atom. The van der Waals surface area contributed by atoms with Gasteiger partial charge in [0.15, 0.2) is 0 Å². The molecule has 0 radical (unpaired) electrons. The van der Waals surface area contributed by atoms with Gasteiger partial charge in [0, 0.05) is 25.5 Å². The summed E-state index contributed by atoms with van der Waals surface area (Å²) in [6.45, 7) is 2.89. The van der Waals surface area contributed by atoms with Crippen molar-refractivity contribution in [1.82, 2.24) is 15.6 Å². The first-order valence-corrected chi connectivity index (χ1v) is 7.56. The molecule has 2 N–H and O–H groups in total. The highest BCUT2D eigenvalue weighted by Gasteiger charge is 2.39. The molecule has 2 rings (SSSR count). The molecule has 0 aliphatic carbocycles. The summed E-state index contributed by atoms with van der Waals surface area (Å²) in [4.78, 5) is 16.6. The fourth-order valence-corrected chi connectivity index (χ4v) is 3.06. The van der Waals surface area contributed by atoms with Gasteiger partial charge in [0.1, 0.15) is 0 Å². The van der Waals surface area contributed by atoms with E-state index in [1.807, 2.05) is 10.9 Å². The van der Waals surface area contributed by atoms with Crippen LogP contribution in [0.5, 0.6) is 0 Å². The number of methoxy groups -OCH3 is 1. The summed E-state index contributed by atoms with van der Waals surface area (Å²) in [5.41, 5.74) is 2.50. The first kappa shape index (κ1) is 20.6. The van der Waals surface area contributed by atoms with Crippen molar-refractivity contribution in [3.05, 3.63) is 16.6 Å². The maximum absolute atomic E-state index is 12.4. The van der Waals surface area contributed by atoms with Gasteiger partial charge in [-0.15, -0.1) is 36.2 Å². The van der Waals surface area contributed by atoms with Gasteiger partial charge in [-0.2, -0.15) is 0 Å². The van der Waals surface area contributed by atoms with E-state index in [1.165, 1.54) is 0 Å². The van der Waals surface area contributed by atoms with Gasteiger partial charge in [-0.25, -0.2) is 4.98 Å². The number of hydrogen-bond acceptors (Lipinski definition) is 5. The van der Waals surface area contributed by atoms with Crippen molar-refractivity contribution in [1.29, 1.82) is 0 Å². The molecule has 0 unspecified atom stereocenters. The van der Waals surface area contributed by atoms with Crippen LogP contribution < -0.4 is 10.6 Å². The average molecular weight is 356 g/mol. The lowest BCUT2D eigenvalue weighted by Gasteiger charge is -2.35. The average Bonchev–Trinajstić information content (AvgIpc) is 2.93. The largest absolute Gasteiger partial charge is 0.384 e. The third-order valence-corrected chi connectivity index (χ3v) is 4.25. The Labute approximate surface area is 142 Å². The first-order valence-electron chi connectivity index (χ1n) is 6.62. The minimum atomic E-state index is -0.359. The van der Waals surface area contributed by atoms with Crippen molar-refractivity contribution < 1.29 is 9.53 Å². The zero-order chi connectivity index (χ0) is 13.6. The zero-order valence-corrected chi connectivity index (χ0v) is 14.5. The molecule has 0 spiro atoms. The summed E-state index contributed by atoms with van der Waals surface area (Å²) in [5.74, 6) is 0.117. The number of aromatic nitrogens is 1. The molecule has 5 nitrogen and oxygen atoms in total. The van der Waals surface area contributed by atoms with Crippen molar-refractivity contribution in [3.8, 4) is 0 Å². The molecule has 0 bridgehead atoms. The number of thiazole rings is 1. The van der Waals surface area contributed by atoms with E-state index in [2.05, 4.69) is 15.6 Å². The number of ether oxygens (including phenoxy) is 1. The predicted molar refractivity (Wildman–Crippen MR) is 89.7 cm³/mol. The van der Waals surface area contributed by atoms with Gasteiger partial charge in [0.05, 0.1) is 23.2 Å². The van der Waals surface area contributed by atoms with Crippen molar-refractivity contribution in [2.24, 2.45) is 5.41 Å². The van der Waals surface area contributed by atoms with Crippen molar-refractivity contribution in [2.75, 3.05) is 33.4 Å². The van der Waals surface area contributed by atoms with Crippen LogP contribution >= 0.6 is 36.2 Å². The van der Waals surface area contributed by atoms with Gasteiger partial charge in [-0.05, 0) is 25.9 Å². The van der Waals surface area contributed by atoms with Gasteiger partial charge in [-0.3, -0.25) is 4.79 Å². The maximum Gasteiger partial charge on any atom is 0.228 e. The molecule has 1 aromatic heterocycles. The second-order valence-electron chi connectivity index (χ2n) is 4.95. The van der Waals surface area contributed by atoms with E-state index in [1.54, 1.807) is 18.4 Å². The molecule has 8 heteroatoms. The highest BCUT2D eigenvalue weighted by molar-refractivity contribution is 7.07. The number of nitrogens with zero attached hydrogens (tertiary/aromatic N) is 1. The standard InChI is InChI=1S/C13H21N3O2S.2ClH/c1-18-9-13(3-6-14-7-4-13)12(17)15-5-2-11-8-19-10-16-11;;/h8,10,14H,2-7,9H2,1H3,(H,15,17);2*1H. The van der Waals surface area contributed by atoms with E-state index in [9.17, 15) is 4.79 Å². The lowest BCUT2D eigenvalue weighted by molar-refractivity contribution is -0.136. The number of hydrogen-bond donors (Lipinski definition) is 2. The number of amides is 1. The first-order chi connectivity index (χ1) is 9.27. The number of carbonyl (C=O) groups excluding carboxylic acids is 1. The SMILES string of the molecule is COCC1(C(=O)NCCc2cscn2)CCNCC1.Cl.Cl. The van der Waals surface area contributed by atoms with Crippen LogP contribution in [0.25, 0.3) is 0 Å².